The molecular weight excluding hydrogens is 202 g/mol. The maximum absolute atomic E-state index is 11.1. The van der Waals surface area contributed by atoms with Crippen molar-refractivity contribution < 1.29 is 9.53 Å². The van der Waals surface area contributed by atoms with Gasteiger partial charge in [0.2, 0.25) is 0 Å². The van der Waals surface area contributed by atoms with Crippen LogP contribution in [0.5, 0.6) is 5.75 Å². The fourth-order valence-corrected chi connectivity index (χ4v) is 2.21. The molecule has 1 aromatic heterocycles. The fourth-order valence-electron chi connectivity index (χ4n) is 2.21. The molecule has 0 amide bonds. The third kappa shape index (κ3) is 1.32. The Kier molecular flexibility index (Phi) is 2.46. The Morgan fingerprint density at radius 1 is 1.31 bits per heavy atom. The van der Waals surface area contributed by atoms with Crippen LogP contribution >= 0.6 is 0 Å². The summed E-state index contributed by atoms with van der Waals surface area (Å²) >= 11 is 0. The average Bonchev–Trinajstić information content (AvgIpc) is 2.51. The second-order valence-electron chi connectivity index (χ2n) is 4.02. The highest BCUT2D eigenvalue weighted by Gasteiger charge is 2.14. The van der Waals surface area contributed by atoms with E-state index in [-0.39, 0.29) is 0 Å². The van der Waals surface area contributed by atoms with Gasteiger partial charge in [-0.3, -0.25) is 4.79 Å². The van der Waals surface area contributed by atoms with E-state index in [9.17, 15) is 4.79 Å². The highest BCUT2D eigenvalue weighted by molar-refractivity contribution is 6.01. The zero-order valence-corrected chi connectivity index (χ0v) is 10.00. The normalized spacial score (nSPS) is 10.8. The number of aryl methyl sites for hydroxylation is 2. The Balaban J connectivity index is 2.95. The van der Waals surface area contributed by atoms with Gasteiger partial charge in [0.25, 0.3) is 0 Å². The van der Waals surface area contributed by atoms with Crippen LogP contribution in [0.3, 0.4) is 0 Å². The molecule has 0 aliphatic heterocycles. The van der Waals surface area contributed by atoms with Crippen molar-refractivity contribution >= 4 is 17.2 Å². The van der Waals surface area contributed by atoms with Crippen LogP contribution in [0.25, 0.3) is 10.9 Å². The molecule has 0 atom stereocenters. The van der Waals surface area contributed by atoms with Crippen molar-refractivity contribution in [3.8, 4) is 5.75 Å². The summed E-state index contributed by atoms with van der Waals surface area (Å²) in [6.45, 7) is 3.98. The quantitative estimate of drug-likeness (QED) is 0.724. The van der Waals surface area contributed by atoms with Gasteiger partial charge < -0.3 is 9.30 Å². The van der Waals surface area contributed by atoms with Gasteiger partial charge in [0.15, 0.2) is 6.29 Å². The van der Waals surface area contributed by atoms with E-state index in [4.69, 9.17) is 4.74 Å². The van der Waals surface area contributed by atoms with Crippen LogP contribution in [0.15, 0.2) is 12.1 Å². The van der Waals surface area contributed by atoms with Gasteiger partial charge in [0.1, 0.15) is 5.75 Å². The van der Waals surface area contributed by atoms with Crippen LogP contribution in [0.2, 0.25) is 0 Å². The molecule has 0 unspecified atom stereocenters. The Morgan fingerprint density at radius 2 is 2.00 bits per heavy atom. The molecule has 0 aliphatic rings. The first-order chi connectivity index (χ1) is 7.60. The lowest BCUT2D eigenvalue weighted by molar-refractivity contribution is 0.112. The summed E-state index contributed by atoms with van der Waals surface area (Å²) < 4.78 is 7.28. The van der Waals surface area contributed by atoms with Crippen molar-refractivity contribution in [1.82, 2.24) is 4.57 Å². The lowest BCUT2D eigenvalue weighted by Gasteiger charge is -2.05. The number of benzene rings is 1. The number of aromatic nitrogens is 1. The van der Waals surface area contributed by atoms with Crippen molar-refractivity contribution in [2.75, 3.05) is 7.11 Å². The van der Waals surface area contributed by atoms with Crippen molar-refractivity contribution in [3.63, 3.8) is 0 Å². The van der Waals surface area contributed by atoms with Crippen molar-refractivity contribution in [2.45, 2.75) is 13.8 Å². The molecule has 3 nitrogen and oxygen atoms in total. The van der Waals surface area contributed by atoms with Crippen molar-refractivity contribution in [1.29, 1.82) is 0 Å². The molecule has 2 aromatic rings. The van der Waals surface area contributed by atoms with Crippen LogP contribution in [-0.2, 0) is 7.05 Å². The molecular formula is C13H15NO2. The van der Waals surface area contributed by atoms with Crippen LogP contribution in [-0.4, -0.2) is 18.0 Å². The zero-order chi connectivity index (χ0) is 11.9. The molecule has 0 saturated carbocycles. The highest BCUT2D eigenvalue weighted by Crippen LogP contribution is 2.30. The van der Waals surface area contributed by atoms with E-state index in [0.717, 1.165) is 39.8 Å². The lowest BCUT2D eigenvalue weighted by atomic mass is 10.1. The molecule has 0 aliphatic carbocycles. The van der Waals surface area contributed by atoms with Gasteiger partial charge in [-0.15, -0.1) is 0 Å². The van der Waals surface area contributed by atoms with E-state index >= 15 is 0 Å². The number of hydrogen-bond donors (Lipinski definition) is 0. The Labute approximate surface area is 94.6 Å². The summed E-state index contributed by atoms with van der Waals surface area (Å²) in [5.41, 5.74) is 3.95. The maximum Gasteiger partial charge on any atom is 0.152 e. The van der Waals surface area contributed by atoms with Gasteiger partial charge in [-0.1, -0.05) is 0 Å². The van der Waals surface area contributed by atoms with Gasteiger partial charge in [-0.05, 0) is 31.5 Å². The van der Waals surface area contributed by atoms with Crippen molar-refractivity contribution in [3.05, 3.63) is 29.0 Å². The van der Waals surface area contributed by atoms with E-state index in [2.05, 4.69) is 0 Å². The number of nitrogens with zero attached hydrogens (tertiary/aromatic N) is 1. The standard InChI is InChI=1S/C13H15NO2/c1-8-5-10(16-4)6-11-12(7-15)9(2)14(3)13(8)11/h5-7H,1-4H3. The molecule has 0 spiro atoms. The number of aldehydes is 1. The summed E-state index contributed by atoms with van der Waals surface area (Å²) in [7, 11) is 3.61. The van der Waals surface area contributed by atoms with E-state index in [1.54, 1.807) is 7.11 Å². The number of rotatable bonds is 2. The molecule has 0 saturated heterocycles. The number of ether oxygens (including phenoxy) is 1. The third-order valence-electron chi connectivity index (χ3n) is 3.15. The second-order valence-corrected chi connectivity index (χ2v) is 4.02. The second kappa shape index (κ2) is 3.67. The lowest BCUT2D eigenvalue weighted by Crippen LogP contribution is -1.93. The first-order valence-electron chi connectivity index (χ1n) is 5.19. The number of methoxy groups -OCH3 is 1. The summed E-state index contributed by atoms with van der Waals surface area (Å²) in [4.78, 5) is 11.1. The monoisotopic (exact) mass is 217 g/mol. The van der Waals surface area contributed by atoms with Gasteiger partial charge in [-0.2, -0.15) is 0 Å². The molecule has 0 bridgehead atoms. The minimum atomic E-state index is 0.750. The molecule has 2 rings (SSSR count). The Morgan fingerprint density at radius 3 is 2.56 bits per heavy atom. The molecule has 0 radical (unpaired) electrons. The molecule has 1 aromatic carbocycles. The van der Waals surface area contributed by atoms with Gasteiger partial charge in [0, 0.05) is 23.7 Å². The van der Waals surface area contributed by atoms with Crippen LogP contribution in [0.1, 0.15) is 21.6 Å². The summed E-state index contributed by atoms with van der Waals surface area (Å²) in [6, 6.07) is 3.90. The average molecular weight is 217 g/mol. The number of carbonyl (C=O) groups is 1. The van der Waals surface area contributed by atoms with E-state index in [0.29, 0.717) is 0 Å². The van der Waals surface area contributed by atoms with Gasteiger partial charge >= 0.3 is 0 Å². The van der Waals surface area contributed by atoms with Gasteiger partial charge in [-0.25, -0.2) is 0 Å². The summed E-state index contributed by atoms with van der Waals surface area (Å²) in [5, 5.41) is 0.965. The third-order valence-corrected chi connectivity index (χ3v) is 3.15. The number of hydrogen-bond acceptors (Lipinski definition) is 2. The summed E-state index contributed by atoms with van der Waals surface area (Å²) in [6.07, 6.45) is 0.913. The zero-order valence-electron chi connectivity index (χ0n) is 10.00. The number of fused-ring (bicyclic) bond motifs is 1. The SMILES string of the molecule is COc1cc(C)c2c(c1)c(C=O)c(C)n2C. The first-order valence-corrected chi connectivity index (χ1v) is 5.19. The molecule has 1 heterocycles. The highest BCUT2D eigenvalue weighted by atomic mass is 16.5. The van der Waals surface area contributed by atoms with Crippen LogP contribution in [0.4, 0.5) is 0 Å². The molecule has 0 fully saturated rings. The smallest absolute Gasteiger partial charge is 0.152 e. The maximum atomic E-state index is 11.1. The topological polar surface area (TPSA) is 31.2 Å². The van der Waals surface area contributed by atoms with E-state index in [1.807, 2.05) is 37.6 Å². The fraction of sp³-hybridized carbons (Fsp3) is 0.308. The molecule has 16 heavy (non-hydrogen) atoms. The van der Waals surface area contributed by atoms with Crippen molar-refractivity contribution in [2.24, 2.45) is 7.05 Å². The molecule has 3 heteroatoms. The minimum absolute atomic E-state index is 0.750. The number of carbonyl (C=O) groups excluding carboxylic acids is 1. The molecule has 0 N–H and O–H groups in total. The molecule has 84 valence electrons. The van der Waals surface area contributed by atoms with Gasteiger partial charge in [0.05, 0.1) is 12.6 Å². The Hall–Kier alpha value is -1.77. The first kappa shape index (κ1) is 10.7. The van der Waals surface area contributed by atoms with Crippen LogP contribution < -0.4 is 4.74 Å². The van der Waals surface area contributed by atoms with E-state index in [1.165, 1.54) is 0 Å². The largest absolute Gasteiger partial charge is 0.497 e. The Bertz CT molecular complexity index is 567. The minimum Gasteiger partial charge on any atom is -0.497 e. The summed E-state index contributed by atoms with van der Waals surface area (Å²) in [5.74, 6) is 0.790. The van der Waals surface area contributed by atoms with E-state index < -0.39 is 0 Å². The van der Waals surface area contributed by atoms with Crippen LogP contribution in [0, 0.1) is 13.8 Å². The predicted molar refractivity (Wildman–Crippen MR) is 64.3 cm³/mol. The predicted octanol–water partition coefficient (Wildman–Crippen LogP) is 2.62.